The first-order valence-corrected chi connectivity index (χ1v) is 9.15. The lowest BCUT2D eigenvalue weighted by molar-refractivity contribution is 0.0848. The first-order valence-electron chi connectivity index (χ1n) is 8.34. The third kappa shape index (κ3) is 3.70. The molecular formula is C18H22N2O3S. The van der Waals surface area contributed by atoms with Crippen molar-refractivity contribution in [3.63, 3.8) is 0 Å². The average Bonchev–Trinajstić information content (AvgIpc) is 3.07. The van der Waals surface area contributed by atoms with E-state index in [1.54, 1.807) is 19.9 Å². The van der Waals surface area contributed by atoms with Crippen molar-refractivity contribution >= 4 is 23.2 Å². The first kappa shape index (κ1) is 16.8. The third-order valence-corrected chi connectivity index (χ3v) is 5.53. The summed E-state index contributed by atoms with van der Waals surface area (Å²) in [6, 6.07) is 3.63. The molecule has 0 unspecified atom stereocenters. The first-order chi connectivity index (χ1) is 11.5. The van der Waals surface area contributed by atoms with E-state index in [2.05, 4.69) is 10.9 Å². The molecule has 128 valence electrons. The van der Waals surface area contributed by atoms with Gasteiger partial charge < -0.3 is 4.42 Å². The van der Waals surface area contributed by atoms with Crippen molar-refractivity contribution < 1.29 is 14.0 Å². The van der Waals surface area contributed by atoms with Gasteiger partial charge in [0.1, 0.15) is 11.5 Å². The van der Waals surface area contributed by atoms with Gasteiger partial charge in [0.15, 0.2) is 0 Å². The number of carbonyl (C=O) groups is 2. The van der Waals surface area contributed by atoms with E-state index in [-0.39, 0.29) is 11.8 Å². The quantitative estimate of drug-likeness (QED) is 0.815. The summed E-state index contributed by atoms with van der Waals surface area (Å²) in [6.07, 6.45) is 6.98. The van der Waals surface area contributed by atoms with E-state index in [1.165, 1.54) is 47.5 Å². The van der Waals surface area contributed by atoms with Gasteiger partial charge in [-0.3, -0.25) is 20.4 Å². The van der Waals surface area contributed by atoms with Crippen LogP contribution in [-0.4, -0.2) is 11.8 Å². The number of amides is 2. The molecule has 2 heterocycles. The van der Waals surface area contributed by atoms with Crippen LogP contribution in [0.25, 0.3) is 0 Å². The minimum Gasteiger partial charge on any atom is -0.466 e. The van der Waals surface area contributed by atoms with E-state index in [0.717, 1.165) is 12.8 Å². The van der Waals surface area contributed by atoms with Crippen molar-refractivity contribution in [3.8, 4) is 0 Å². The van der Waals surface area contributed by atoms with E-state index in [4.69, 9.17) is 4.42 Å². The van der Waals surface area contributed by atoms with Gasteiger partial charge in [0.25, 0.3) is 11.8 Å². The molecule has 2 amide bonds. The van der Waals surface area contributed by atoms with Crippen LogP contribution >= 0.6 is 11.3 Å². The van der Waals surface area contributed by atoms with Crippen LogP contribution in [0.5, 0.6) is 0 Å². The fourth-order valence-corrected chi connectivity index (χ4v) is 4.20. The van der Waals surface area contributed by atoms with Gasteiger partial charge in [0.2, 0.25) is 0 Å². The molecule has 2 N–H and O–H groups in total. The monoisotopic (exact) mass is 346 g/mol. The summed E-state index contributed by atoms with van der Waals surface area (Å²) >= 11 is 1.54. The summed E-state index contributed by atoms with van der Waals surface area (Å²) in [5, 5.41) is 0. The molecule has 0 spiro atoms. The largest absolute Gasteiger partial charge is 0.466 e. The minimum absolute atomic E-state index is 0.266. The van der Waals surface area contributed by atoms with Crippen molar-refractivity contribution in [2.24, 2.45) is 0 Å². The van der Waals surface area contributed by atoms with Crippen LogP contribution in [0.4, 0.5) is 0 Å². The van der Waals surface area contributed by atoms with Crippen LogP contribution in [0.15, 0.2) is 16.5 Å². The Morgan fingerprint density at radius 3 is 2.42 bits per heavy atom. The highest BCUT2D eigenvalue weighted by Crippen LogP contribution is 2.28. The number of nitrogens with one attached hydrogen (secondary N) is 2. The standard InChI is InChI=1S/C18H22N2O3S/c1-11-9-14(12(2)23-11)17(21)19-20-18(22)16-10-13-7-5-3-4-6-8-15(13)24-16/h9-10H,3-8H2,1-2H3,(H,19,21)(H,20,22). The molecule has 24 heavy (non-hydrogen) atoms. The molecule has 0 saturated heterocycles. The van der Waals surface area contributed by atoms with E-state index >= 15 is 0 Å². The maximum atomic E-state index is 12.3. The summed E-state index contributed by atoms with van der Waals surface area (Å²) in [5.74, 6) is 0.575. The molecule has 3 rings (SSSR count). The molecule has 0 radical (unpaired) electrons. The summed E-state index contributed by atoms with van der Waals surface area (Å²) in [5.41, 5.74) is 6.69. The predicted octanol–water partition coefficient (Wildman–Crippen LogP) is 3.69. The summed E-state index contributed by atoms with van der Waals surface area (Å²) < 4.78 is 5.33. The Morgan fingerprint density at radius 2 is 1.71 bits per heavy atom. The Labute approximate surface area is 145 Å². The predicted molar refractivity (Wildman–Crippen MR) is 93.3 cm³/mol. The molecule has 0 fully saturated rings. The lowest BCUT2D eigenvalue weighted by atomic mass is 10.00. The Bertz CT molecular complexity index is 735. The number of carbonyl (C=O) groups excluding carboxylic acids is 2. The minimum atomic E-state index is -0.368. The second-order valence-corrected chi connectivity index (χ2v) is 7.35. The second-order valence-electron chi connectivity index (χ2n) is 6.21. The Balaban J connectivity index is 1.64. The highest BCUT2D eigenvalue weighted by Gasteiger charge is 2.18. The Kier molecular flexibility index (Phi) is 5.04. The van der Waals surface area contributed by atoms with Gasteiger partial charge in [0.05, 0.1) is 10.4 Å². The van der Waals surface area contributed by atoms with Crippen LogP contribution in [0.3, 0.4) is 0 Å². The number of hydrazine groups is 1. The maximum absolute atomic E-state index is 12.3. The lowest BCUT2D eigenvalue weighted by Crippen LogP contribution is -2.41. The van der Waals surface area contributed by atoms with Crippen LogP contribution in [-0.2, 0) is 12.8 Å². The van der Waals surface area contributed by atoms with Crippen molar-refractivity contribution in [1.29, 1.82) is 0 Å². The van der Waals surface area contributed by atoms with Gasteiger partial charge in [-0.15, -0.1) is 11.3 Å². The van der Waals surface area contributed by atoms with Gasteiger partial charge in [-0.25, -0.2) is 0 Å². The Morgan fingerprint density at radius 1 is 1.00 bits per heavy atom. The van der Waals surface area contributed by atoms with Gasteiger partial charge in [-0.1, -0.05) is 12.8 Å². The molecule has 0 aliphatic heterocycles. The van der Waals surface area contributed by atoms with E-state index in [9.17, 15) is 9.59 Å². The van der Waals surface area contributed by atoms with Crippen molar-refractivity contribution in [1.82, 2.24) is 10.9 Å². The average molecular weight is 346 g/mol. The molecule has 1 aliphatic carbocycles. The zero-order valence-corrected chi connectivity index (χ0v) is 14.8. The highest BCUT2D eigenvalue weighted by atomic mass is 32.1. The molecule has 2 aromatic heterocycles. The maximum Gasteiger partial charge on any atom is 0.279 e. The SMILES string of the molecule is Cc1cc(C(=O)NNC(=O)c2cc3c(s2)CCCCCC3)c(C)o1. The molecule has 0 saturated carbocycles. The van der Waals surface area contributed by atoms with Crippen molar-refractivity contribution in [2.75, 3.05) is 0 Å². The van der Waals surface area contributed by atoms with E-state index < -0.39 is 0 Å². The van der Waals surface area contributed by atoms with Crippen LogP contribution in [0.2, 0.25) is 0 Å². The number of hydrogen-bond donors (Lipinski definition) is 2. The van der Waals surface area contributed by atoms with Gasteiger partial charge in [-0.05, 0) is 57.2 Å². The Hall–Kier alpha value is -2.08. The summed E-state index contributed by atoms with van der Waals surface area (Å²) in [6.45, 7) is 3.51. The number of aryl methyl sites for hydroxylation is 4. The second kappa shape index (κ2) is 7.21. The van der Waals surface area contributed by atoms with Crippen LogP contribution in [0.1, 0.15) is 67.7 Å². The van der Waals surface area contributed by atoms with Crippen LogP contribution < -0.4 is 10.9 Å². The van der Waals surface area contributed by atoms with E-state index in [1.807, 2.05) is 6.07 Å². The molecule has 5 nitrogen and oxygen atoms in total. The summed E-state index contributed by atoms with van der Waals surface area (Å²) in [7, 11) is 0. The third-order valence-electron chi connectivity index (χ3n) is 4.30. The summed E-state index contributed by atoms with van der Waals surface area (Å²) in [4.78, 5) is 26.4. The molecule has 0 bridgehead atoms. The normalized spacial score (nSPS) is 14.4. The lowest BCUT2D eigenvalue weighted by Gasteiger charge is -2.07. The van der Waals surface area contributed by atoms with Crippen LogP contribution in [0, 0.1) is 13.8 Å². The zero-order valence-electron chi connectivity index (χ0n) is 14.0. The number of rotatable bonds is 2. The highest BCUT2D eigenvalue weighted by molar-refractivity contribution is 7.14. The van der Waals surface area contributed by atoms with Crippen molar-refractivity contribution in [2.45, 2.75) is 52.4 Å². The molecule has 2 aromatic rings. The van der Waals surface area contributed by atoms with Gasteiger partial charge in [0, 0.05) is 4.88 Å². The van der Waals surface area contributed by atoms with Gasteiger partial charge >= 0.3 is 0 Å². The molecule has 0 atom stereocenters. The number of hydrogen-bond acceptors (Lipinski definition) is 4. The number of thiophene rings is 1. The molecule has 0 aromatic carbocycles. The zero-order chi connectivity index (χ0) is 17.1. The van der Waals surface area contributed by atoms with Gasteiger partial charge in [-0.2, -0.15) is 0 Å². The molecular weight excluding hydrogens is 324 g/mol. The topological polar surface area (TPSA) is 71.3 Å². The molecule has 1 aliphatic rings. The number of furan rings is 1. The molecule has 6 heteroatoms. The van der Waals surface area contributed by atoms with Crippen molar-refractivity contribution in [3.05, 3.63) is 44.5 Å². The smallest absolute Gasteiger partial charge is 0.279 e. The fourth-order valence-electron chi connectivity index (χ4n) is 3.05. The van der Waals surface area contributed by atoms with E-state index in [0.29, 0.717) is 22.0 Å². The fraction of sp³-hybridized carbons (Fsp3) is 0.444. The number of fused-ring (bicyclic) bond motifs is 1.